The highest BCUT2D eigenvalue weighted by Gasteiger charge is 2.07. The average Bonchev–Trinajstić information content (AvgIpc) is 2.28. The first kappa shape index (κ1) is 11.6. The monoisotopic (exact) mass is 252 g/mol. The maximum atomic E-state index is 12.9. The van der Waals surface area contributed by atoms with Crippen molar-refractivity contribution in [2.45, 2.75) is 6.92 Å². The van der Waals surface area contributed by atoms with Gasteiger partial charge in [0.2, 0.25) is 0 Å². The minimum atomic E-state index is -0.290. The third-order valence-corrected chi connectivity index (χ3v) is 2.58. The molecular weight excluding hydrogens is 243 g/mol. The molecule has 0 aliphatic heterocycles. The van der Waals surface area contributed by atoms with Gasteiger partial charge in [0, 0.05) is 5.69 Å². The number of aryl methyl sites for hydroxylation is 1. The van der Waals surface area contributed by atoms with Crippen LogP contribution in [0.25, 0.3) is 0 Å². The third kappa shape index (κ3) is 2.45. The van der Waals surface area contributed by atoms with E-state index in [1.165, 1.54) is 18.5 Å². The van der Waals surface area contributed by atoms with Crippen LogP contribution in [0.2, 0.25) is 5.15 Å². The number of hydrogen-bond acceptors (Lipinski definition) is 4. The van der Waals surface area contributed by atoms with E-state index in [0.29, 0.717) is 11.5 Å². The number of anilines is 3. The second-order valence-corrected chi connectivity index (χ2v) is 3.87. The number of nitrogens with one attached hydrogen (secondary N) is 1. The number of aromatic nitrogens is 2. The van der Waals surface area contributed by atoms with Crippen LogP contribution in [0.1, 0.15) is 5.56 Å². The molecule has 0 aliphatic rings. The van der Waals surface area contributed by atoms with Crippen molar-refractivity contribution in [1.29, 1.82) is 0 Å². The Balaban J connectivity index is 2.35. The van der Waals surface area contributed by atoms with Gasteiger partial charge in [0.05, 0.1) is 0 Å². The lowest BCUT2D eigenvalue weighted by Crippen LogP contribution is -2.02. The first-order chi connectivity index (χ1) is 8.08. The van der Waals surface area contributed by atoms with Crippen molar-refractivity contribution in [2.75, 3.05) is 11.1 Å². The predicted molar refractivity (Wildman–Crippen MR) is 65.9 cm³/mol. The molecular formula is C11H10ClFN4. The predicted octanol–water partition coefficient (Wildman–Crippen LogP) is 2.90. The quantitative estimate of drug-likeness (QED) is 0.807. The molecule has 6 heteroatoms. The van der Waals surface area contributed by atoms with Crippen molar-refractivity contribution in [2.24, 2.45) is 0 Å². The Hall–Kier alpha value is -1.88. The van der Waals surface area contributed by atoms with Crippen LogP contribution in [-0.2, 0) is 0 Å². The van der Waals surface area contributed by atoms with Gasteiger partial charge in [0.1, 0.15) is 17.8 Å². The van der Waals surface area contributed by atoms with Gasteiger partial charge < -0.3 is 11.1 Å². The van der Waals surface area contributed by atoms with Gasteiger partial charge in [-0.15, -0.1) is 0 Å². The molecule has 0 saturated carbocycles. The molecule has 4 nitrogen and oxygen atoms in total. The fourth-order valence-electron chi connectivity index (χ4n) is 1.37. The minimum absolute atomic E-state index is 0.183. The van der Waals surface area contributed by atoms with Crippen molar-refractivity contribution >= 4 is 28.8 Å². The summed E-state index contributed by atoms with van der Waals surface area (Å²) in [5, 5.41) is 3.16. The Morgan fingerprint density at radius 3 is 2.82 bits per heavy atom. The molecule has 1 heterocycles. The van der Waals surface area contributed by atoms with Gasteiger partial charge >= 0.3 is 0 Å². The van der Waals surface area contributed by atoms with Crippen molar-refractivity contribution in [3.05, 3.63) is 41.1 Å². The summed E-state index contributed by atoms with van der Waals surface area (Å²) >= 11 is 5.77. The van der Waals surface area contributed by atoms with E-state index in [1.807, 2.05) is 0 Å². The van der Waals surface area contributed by atoms with E-state index in [9.17, 15) is 4.39 Å². The molecule has 0 amide bonds. The molecule has 0 aliphatic carbocycles. The molecule has 1 aromatic carbocycles. The minimum Gasteiger partial charge on any atom is -0.393 e. The van der Waals surface area contributed by atoms with Crippen molar-refractivity contribution in [1.82, 2.24) is 9.97 Å². The van der Waals surface area contributed by atoms with Crippen LogP contribution >= 0.6 is 11.6 Å². The normalized spacial score (nSPS) is 10.3. The second kappa shape index (κ2) is 4.55. The largest absolute Gasteiger partial charge is 0.393 e. The molecule has 0 spiro atoms. The Morgan fingerprint density at radius 2 is 2.12 bits per heavy atom. The van der Waals surface area contributed by atoms with Crippen LogP contribution in [-0.4, -0.2) is 9.97 Å². The summed E-state index contributed by atoms with van der Waals surface area (Å²) in [6, 6.07) is 4.38. The molecule has 0 saturated heterocycles. The summed E-state index contributed by atoms with van der Waals surface area (Å²) in [6.45, 7) is 1.78. The van der Waals surface area contributed by atoms with Crippen LogP contribution in [0.3, 0.4) is 0 Å². The third-order valence-electron chi connectivity index (χ3n) is 2.28. The van der Waals surface area contributed by atoms with E-state index in [2.05, 4.69) is 15.3 Å². The molecule has 0 unspecified atom stereocenters. The number of nitrogen functional groups attached to an aromatic ring is 1. The topological polar surface area (TPSA) is 63.8 Å². The van der Waals surface area contributed by atoms with E-state index in [0.717, 1.165) is 5.56 Å². The SMILES string of the molecule is Cc1cc(F)ccc1Nc1ncnc(Cl)c1N. The van der Waals surface area contributed by atoms with Crippen LogP contribution in [0.4, 0.5) is 21.6 Å². The fourth-order valence-corrected chi connectivity index (χ4v) is 1.50. The van der Waals surface area contributed by atoms with Crippen molar-refractivity contribution < 1.29 is 4.39 Å². The number of hydrogen-bond donors (Lipinski definition) is 2. The highest BCUT2D eigenvalue weighted by atomic mass is 35.5. The fraction of sp³-hybridized carbons (Fsp3) is 0.0909. The lowest BCUT2D eigenvalue weighted by atomic mass is 10.2. The van der Waals surface area contributed by atoms with Crippen LogP contribution in [0, 0.1) is 12.7 Å². The molecule has 2 rings (SSSR count). The number of nitrogens with zero attached hydrogens (tertiary/aromatic N) is 2. The number of halogens is 2. The molecule has 0 bridgehead atoms. The number of nitrogens with two attached hydrogens (primary N) is 1. The average molecular weight is 253 g/mol. The molecule has 3 N–H and O–H groups in total. The Morgan fingerprint density at radius 1 is 1.35 bits per heavy atom. The smallest absolute Gasteiger partial charge is 0.158 e. The maximum Gasteiger partial charge on any atom is 0.158 e. The zero-order valence-corrected chi connectivity index (χ0v) is 9.79. The van der Waals surface area contributed by atoms with E-state index < -0.39 is 0 Å². The highest BCUT2D eigenvalue weighted by Crippen LogP contribution is 2.27. The molecule has 88 valence electrons. The molecule has 1 aromatic heterocycles. The Kier molecular flexibility index (Phi) is 3.10. The summed E-state index contributed by atoms with van der Waals surface area (Å²) in [5.41, 5.74) is 7.44. The number of benzene rings is 1. The van der Waals surface area contributed by atoms with Crippen LogP contribution in [0.15, 0.2) is 24.5 Å². The summed E-state index contributed by atoms with van der Waals surface area (Å²) in [4.78, 5) is 7.72. The first-order valence-electron chi connectivity index (χ1n) is 4.87. The number of rotatable bonds is 2. The van der Waals surface area contributed by atoms with E-state index in [4.69, 9.17) is 17.3 Å². The molecule has 17 heavy (non-hydrogen) atoms. The second-order valence-electron chi connectivity index (χ2n) is 3.51. The zero-order chi connectivity index (χ0) is 12.4. The lowest BCUT2D eigenvalue weighted by molar-refractivity contribution is 0.627. The molecule has 2 aromatic rings. The van der Waals surface area contributed by atoms with Crippen LogP contribution in [0.5, 0.6) is 0 Å². The summed E-state index contributed by atoms with van der Waals surface area (Å²) in [5.74, 6) is 0.112. The van der Waals surface area contributed by atoms with Crippen molar-refractivity contribution in [3.63, 3.8) is 0 Å². The standard InChI is InChI=1S/C11H10ClFN4/c1-6-4-7(13)2-3-8(6)17-11-9(14)10(12)15-5-16-11/h2-5H,14H2,1H3,(H,15,16,17). The van der Waals surface area contributed by atoms with Gasteiger partial charge in [-0.05, 0) is 30.7 Å². The Labute approximate surface area is 103 Å². The van der Waals surface area contributed by atoms with E-state index >= 15 is 0 Å². The maximum absolute atomic E-state index is 12.9. The van der Waals surface area contributed by atoms with Gasteiger partial charge in [0.25, 0.3) is 0 Å². The summed E-state index contributed by atoms with van der Waals surface area (Å²) in [7, 11) is 0. The summed E-state index contributed by atoms with van der Waals surface area (Å²) < 4.78 is 12.9. The summed E-state index contributed by atoms with van der Waals surface area (Å²) in [6.07, 6.45) is 1.31. The highest BCUT2D eigenvalue weighted by molar-refractivity contribution is 6.32. The van der Waals surface area contributed by atoms with Crippen molar-refractivity contribution in [3.8, 4) is 0 Å². The Bertz CT molecular complexity index is 559. The van der Waals surface area contributed by atoms with Gasteiger partial charge in [-0.25, -0.2) is 14.4 Å². The van der Waals surface area contributed by atoms with Gasteiger partial charge in [-0.3, -0.25) is 0 Å². The van der Waals surface area contributed by atoms with Crippen LogP contribution < -0.4 is 11.1 Å². The first-order valence-corrected chi connectivity index (χ1v) is 5.25. The molecule has 0 atom stereocenters. The lowest BCUT2D eigenvalue weighted by Gasteiger charge is -2.10. The van der Waals surface area contributed by atoms with Gasteiger partial charge in [-0.2, -0.15) is 0 Å². The van der Waals surface area contributed by atoms with Gasteiger partial charge in [-0.1, -0.05) is 11.6 Å². The van der Waals surface area contributed by atoms with Gasteiger partial charge in [0.15, 0.2) is 11.0 Å². The van der Waals surface area contributed by atoms with E-state index in [1.54, 1.807) is 13.0 Å². The molecule has 0 fully saturated rings. The van der Waals surface area contributed by atoms with E-state index in [-0.39, 0.29) is 16.7 Å². The zero-order valence-electron chi connectivity index (χ0n) is 9.04. The molecule has 0 radical (unpaired) electrons.